The van der Waals surface area contributed by atoms with Gasteiger partial charge in [-0.2, -0.15) is 0 Å². The number of anilines is 1. The number of aryl methyl sites for hydroxylation is 2. The van der Waals surface area contributed by atoms with Gasteiger partial charge in [0.2, 0.25) is 0 Å². The standard InChI is InChI=1S/C23H27N3O3/c1-15-4-6-17(7-5-15)24-23(28)21-16(2)29-20-9-8-19(27)18(22(20)21)14-26-12-10-25(3)11-13-26/h4-9,27H,10-14H2,1-3H3,(H,24,28). The van der Waals surface area contributed by atoms with E-state index >= 15 is 0 Å². The third-order valence-electron chi connectivity index (χ3n) is 5.63. The van der Waals surface area contributed by atoms with E-state index in [-0.39, 0.29) is 11.7 Å². The maximum absolute atomic E-state index is 13.1. The van der Waals surface area contributed by atoms with Gasteiger partial charge in [0.1, 0.15) is 17.1 Å². The molecule has 0 atom stereocenters. The fourth-order valence-electron chi connectivity index (χ4n) is 3.86. The number of phenolic OH excluding ortho intramolecular Hbond substituents is 1. The molecular formula is C23H27N3O3. The molecule has 1 fully saturated rings. The van der Waals surface area contributed by atoms with Gasteiger partial charge in [0.15, 0.2) is 0 Å². The normalized spacial score (nSPS) is 15.7. The second kappa shape index (κ2) is 7.89. The van der Waals surface area contributed by atoms with E-state index in [0.717, 1.165) is 43.0 Å². The zero-order valence-electron chi connectivity index (χ0n) is 17.2. The van der Waals surface area contributed by atoms with E-state index in [0.29, 0.717) is 28.8 Å². The Kier molecular flexibility index (Phi) is 5.30. The zero-order valence-corrected chi connectivity index (χ0v) is 17.2. The predicted molar refractivity (Wildman–Crippen MR) is 115 cm³/mol. The van der Waals surface area contributed by atoms with Crippen LogP contribution < -0.4 is 5.32 Å². The molecular weight excluding hydrogens is 366 g/mol. The van der Waals surface area contributed by atoms with E-state index in [9.17, 15) is 9.90 Å². The zero-order chi connectivity index (χ0) is 20.5. The molecule has 0 unspecified atom stereocenters. The summed E-state index contributed by atoms with van der Waals surface area (Å²) in [6.45, 7) is 8.21. The molecule has 1 aliphatic heterocycles. The first kappa shape index (κ1) is 19.5. The number of benzene rings is 2. The lowest BCUT2D eigenvalue weighted by atomic mass is 10.0. The first-order valence-corrected chi connectivity index (χ1v) is 9.95. The van der Waals surface area contributed by atoms with Crippen LogP contribution in [0.15, 0.2) is 40.8 Å². The maximum Gasteiger partial charge on any atom is 0.259 e. The van der Waals surface area contributed by atoms with E-state index in [1.807, 2.05) is 31.2 Å². The lowest BCUT2D eigenvalue weighted by Gasteiger charge is -2.32. The summed E-state index contributed by atoms with van der Waals surface area (Å²) in [7, 11) is 2.11. The van der Waals surface area contributed by atoms with Crippen LogP contribution in [0.3, 0.4) is 0 Å². The van der Waals surface area contributed by atoms with Crippen LogP contribution >= 0.6 is 0 Å². The molecule has 3 aromatic rings. The van der Waals surface area contributed by atoms with Crippen molar-refractivity contribution in [2.75, 3.05) is 38.5 Å². The van der Waals surface area contributed by atoms with Crippen LogP contribution in [0.4, 0.5) is 5.69 Å². The Bertz CT molecular complexity index is 1030. The van der Waals surface area contributed by atoms with E-state index in [1.165, 1.54) is 0 Å². The summed E-state index contributed by atoms with van der Waals surface area (Å²) in [4.78, 5) is 17.7. The lowest BCUT2D eigenvalue weighted by Crippen LogP contribution is -2.43. The first-order chi connectivity index (χ1) is 13.9. The summed E-state index contributed by atoms with van der Waals surface area (Å²) in [5, 5.41) is 14.3. The Hall–Kier alpha value is -2.83. The number of amides is 1. The number of furan rings is 1. The van der Waals surface area contributed by atoms with Crippen molar-refractivity contribution in [1.82, 2.24) is 9.80 Å². The van der Waals surface area contributed by atoms with Gasteiger partial charge in [0.05, 0.1) is 5.56 Å². The van der Waals surface area contributed by atoms with Crippen molar-refractivity contribution in [3.8, 4) is 5.75 Å². The summed E-state index contributed by atoms with van der Waals surface area (Å²) in [5.74, 6) is 0.520. The van der Waals surface area contributed by atoms with Crippen LogP contribution in [0, 0.1) is 13.8 Å². The third kappa shape index (κ3) is 3.99. The molecule has 0 radical (unpaired) electrons. The van der Waals surface area contributed by atoms with E-state index in [4.69, 9.17) is 4.42 Å². The lowest BCUT2D eigenvalue weighted by molar-refractivity contribution is 0.102. The number of carbonyl (C=O) groups excluding carboxylic acids is 1. The van der Waals surface area contributed by atoms with Crippen LogP contribution in [0.2, 0.25) is 0 Å². The molecule has 6 nitrogen and oxygen atoms in total. The van der Waals surface area contributed by atoms with Crippen molar-refractivity contribution in [2.45, 2.75) is 20.4 Å². The van der Waals surface area contributed by atoms with Crippen molar-refractivity contribution in [2.24, 2.45) is 0 Å². The highest BCUT2D eigenvalue weighted by Crippen LogP contribution is 2.35. The minimum absolute atomic E-state index is 0.196. The first-order valence-electron chi connectivity index (χ1n) is 9.95. The summed E-state index contributed by atoms with van der Waals surface area (Å²) < 4.78 is 5.88. The fourth-order valence-corrected chi connectivity index (χ4v) is 3.86. The van der Waals surface area contributed by atoms with Gasteiger partial charge in [-0.3, -0.25) is 9.69 Å². The summed E-state index contributed by atoms with van der Waals surface area (Å²) in [5.41, 5.74) is 3.72. The molecule has 1 aromatic heterocycles. The highest BCUT2D eigenvalue weighted by Gasteiger charge is 2.25. The SMILES string of the molecule is Cc1ccc(NC(=O)c2c(C)oc3ccc(O)c(CN4CCN(C)CC4)c23)cc1. The predicted octanol–water partition coefficient (Wildman–Crippen LogP) is 3.75. The number of piperazine rings is 1. The molecule has 2 heterocycles. The topological polar surface area (TPSA) is 68.9 Å². The molecule has 0 spiro atoms. The van der Waals surface area contributed by atoms with Crippen molar-refractivity contribution in [1.29, 1.82) is 0 Å². The summed E-state index contributed by atoms with van der Waals surface area (Å²) in [6, 6.07) is 11.1. The van der Waals surface area contributed by atoms with Crippen LogP contribution in [-0.2, 0) is 6.54 Å². The minimum atomic E-state index is -0.227. The van der Waals surface area contributed by atoms with Crippen LogP contribution in [-0.4, -0.2) is 54.0 Å². The second-order valence-electron chi connectivity index (χ2n) is 7.87. The largest absolute Gasteiger partial charge is 0.508 e. The van der Waals surface area contributed by atoms with Gasteiger partial charge in [0, 0.05) is 49.4 Å². The Balaban J connectivity index is 1.70. The van der Waals surface area contributed by atoms with E-state index < -0.39 is 0 Å². The van der Waals surface area contributed by atoms with E-state index in [2.05, 4.69) is 22.2 Å². The van der Waals surface area contributed by atoms with Gasteiger partial charge < -0.3 is 19.7 Å². The number of hydrogen-bond acceptors (Lipinski definition) is 5. The Labute approximate surface area is 170 Å². The Morgan fingerprint density at radius 3 is 2.45 bits per heavy atom. The number of nitrogens with one attached hydrogen (secondary N) is 1. The molecule has 1 aliphatic rings. The Morgan fingerprint density at radius 2 is 1.76 bits per heavy atom. The second-order valence-corrected chi connectivity index (χ2v) is 7.87. The van der Waals surface area contributed by atoms with Gasteiger partial charge >= 0.3 is 0 Å². The summed E-state index contributed by atoms with van der Waals surface area (Å²) in [6.07, 6.45) is 0. The molecule has 2 N–H and O–H groups in total. The van der Waals surface area contributed by atoms with Crippen molar-refractivity contribution >= 4 is 22.6 Å². The number of carbonyl (C=O) groups is 1. The van der Waals surface area contributed by atoms with Gasteiger partial charge in [-0.25, -0.2) is 0 Å². The van der Waals surface area contributed by atoms with Crippen LogP contribution in [0.1, 0.15) is 27.2 Å². The number of rotatable bonds is 4. The molecule has 0 aliphatic carbocycles. The molecule has 4 rings (SSSR count). The van der Waals surface area contributed by atoms with Gasteiger partial charge in [0.25, 0.3) is 5.91 Å². The van der Waals surface area contributed by atoms with Crippen molar-refractivity contribution in [3.05, 3.63) is 58.8 Å². The number of hydrogen-bond donors (Lipinski definition) is 2. The highest BCUT2D eigenvalue weighted by molar-refractivity contribution is 6.14. The molecule has 1 saturated heterocycles. The van der Waals surface area contributed by atoms with Crippen LogP contribution in [0.5, 0.6) is 5.75 Å². The van der Waals surface area contributed by atoms with E-state index in [1.54, 1.807) is 19.1 Å². The minimum Gasteiger partial charge on any atom is -0.508 e. The number of aromatic hydroxyl groups is 1. The third-order valence-corrected chi connectivity index (χ3v) is 5.63. The quantitative estimate of drug-likeness (QED) is 0.706. The number of likely N-dealkylation sites (N-methyl/N-ethyl adjacent to an activating group) is 1. The van der Waals surface area contributed by atoms with Gasteiger partial charge in [-0.1, -0.05) is 17.7 Å². The number of fused-ring (bicyclic) bond motifs is 1. The fraction of sp³-hybridized carbons (Fsp3) is 0.348. The molecule has 6 heteroatoms. The molecule has 152 valence electrons. The van der Waals surface area contributed by atoms with Crippen molar-refractivity contribution in [3.63, 3.8) is 0 Å². The average molecular weight is 393 g/mol. The van der Waals surface area contributed by atoms with Crippen LogP contribution in [0.25, 0.3) is 11.0 Å². The number of phenols is 1. The molecule has 29 heavy (non-hydrogen) atoms. The number of nitrogens with zero attached hydrogens (tertiary/aromatic N) is 2. The van der Waals surface area contributed by atoms with Gasteiger partial charge in [-0.05, 0) is 45.2 Å². The molecule has 0 saturated carbocycles. The maximum atomic E-state index is 13.1. The van der Waals surface area contributed by atoms with Crippen molar-refractivity contribution < 1.29 is 14.3 Å². The monoisotopic (exact) mass is 393 g/mol. The molecule has 0 bridgehead atoms. The van der Waals surface area contributed by atoms with Gasteiger partial charge in [-0.15, -0.1) is 0 Å². The highest BCUT2D eigenvalue weighted by atomic mass is 16.3. The molecule has 2 aromatic carbocycles. The Morgan fingerprint density at radius 1 is 1.07 bits per heavy atom. The molecule has 1 amide bonds. The summed E-state index contributed by atoms with van der Waals surface area (Å²) >= 11 is 0. The average Bonchev–Trinajstić information content (AvgIpc) is 3.04. The smallest absolute Gasteiger partial charge is 0.259 e.